The average molecular weight is 427 g/mol. The first-order valence-corrected chi connectivity index (χ1v) is 11.0. The van der Waals surface area contributed by atoms with E-state index in [1.165, 1.54) is 12.0 Å². The number of ether oxygens (including phenoxy) is 1. The summed E-state index contributed by atoms with van der Waals surface area (Å²) in [4.78, 5) is 17.3. The van der Waals surface area contributed by atoms with Gasteiger partial charge in [0.25, 0.3) is 0 Å². The fourth-order valence-electron chi connectivity index (χ4n) is 4.74. The maximum Gasteiger partial charge on any atom is 0.248 e. The SMILES string of the molecule is COc1c(/C(C)=C/C(=O)Nc2cccc3cccnc23)cc2c3c(oc2c1C)CCCC3. The third-order valence-corrected chi connectivity index (χ3v) is 6.29. The Labute approximate surface area is 187 Å². The second-order valence-corrected chi connectivity index (χ2v) is 8.37. The molecule has 0 bridgehead atoms. The zero-order valence-electron chi connectivity index (χ0n) is 18.6. The van der Waals surface area contributed by atoms with Gasteiger partial charge in [0.15, 0.2) is 0 Å². The monoisotopic (exact) mass is 426 g/mol. The minimum atomic E-state index is -0.199. The van der Waals surface area contributed by atoms with Crippen LogP contribution in [0, 0.1) is 6.92 Å². The first-order chi connectivity index (χ1) is 15.6. The number of carbonyl (C=O) groups excluding carboxylic acids is 1. The standard InChI is InChI=1S/C27H26N2O3/c1-16(14-24(30)29-22-11-6-8-18-9-7-13-28-25(18)22)20-15-21-19-10-4-5-12-23(19)32-27(21)17(2)26(20)31-3/h6-9,11,13-15H,4-5,10,12H2,1-3H3,(H,29,30)/b16-14+. The van der Waals surface area contributed by atoms with Crippen LogP contribution in [-0.4, -0.2) is 18.0 Å². The molecule has 0 aliphatic heterocycles. The largest absolute Gasteiger partial charge is 0.496 e. The van der Waals surface area contributed by atoms with Crippen molar-refractivity contribution in [1.29, 1.82) is 0 Å². The number of allylic oxidation sites excluding steroid dienone is 1. The molecule has 2 aromatic carbocycles. The molecular formula is C27H26N2O3. The Morgan fingerprint density at radius 3 is 2.84 bits per heavy atom. The molecule has 2 aromatic heterocycles. The second kappa shape index (κ2) is 8.15. The fraction of sp³-hybridized carbons (Fsp3) is 0.259. The number of rotatable bonds is 4. The number of amides is 1. The molecule has 1 aliphatic carbocycles. The van der Waals surface area contributed by atoms with Crippen molar-refractivity contribution in [2.45, 2.75) is 39.5 Å². The molecule has 0 spiro atoms. The highest BCUT2D eigenvalue weighted by Crippen LogP contribution is 2.41. The third-order valence-electron chi connectivity index (χ3n) is 6.29. The summed E-state index contributed by atoms with van der Waals surface area (Å²) in [5, 5.41) is 5.11. The van der Waals surface area contributed by atoms with Gasteiger partial charge in [0.1, 0.15) is 17.1 Å². The Balaban J connectivity index is 1.53. The van der Waals surface area contributed by atoms with Crippen molar-refractivity contribution in [3.8, 4) is 5.75 Å². The molecule has 32 heavy (non-hydrogen) atoms. The zero-order chi connectivity index (χ0) is 22.2. The highest BCUT2D eigenvalue weighted by Gasteiger charge is 2.23. The van der Waals surface area contributed by atoms with Crippen LogP contribution in [0.3, 0.4) is 0 Å². The molecule has 0 unspecified atom stereocenters. The molecule has 0 saturated carbocycles. The molecule has 2 heterocycles. The number of hydrogen-bond acceptors (Lipinski definition) is 4. The lowest BCUT2D eigenvalue weighted by Gasteiger charge is -2.14. The van der Waals surface area contributed by atoms with Crippen LogP contribution in [0.5, 0.6) is 5.75 Å². The number of fused-ring (bicyclic) bond motifs is 4. The van der Waals surface area contributed by atoms with Crippen LogP contribution < -0.4 is 10.1 Å². The summed E-state index contributed by atoms with van der Waals surface area (Å²) in [5.74, 6) is 1.64. The number of aromatic nitrogens is 1. The van der Waals surface area contributed by atoms with Gasteiger partial charge < -0.3 is 14.5 Å². The second-order valence-electron chi connectivity index (χ2n) is 8.37. The number of carbonyl (C=O) groups is 1. The van der Waals surface area contributed by atoms with E-state index in [-0.39, 0.29) is 5.91 Å². The maximum absolute atomic E-state index is 12.9. The van der Waals surface area contributed by atoms with Crippen molar-refractivity contribution < 1.29 is 13.9 Å². The number of nitrogens with one attached hydrogen (secondary N) is 1. The van der Waals surface area contributed by atoms with Crippen molar-refractivity contribution in [3.05, 3.63) is 71.1 Å². The van der Waals surface area contributed by atoms with E-state index >= 15 is 0 Å². The minimum absolute atomic E-state index is 0.199. The van der Waals surface area contributed by atoms with Crippen molar-refractivity contribution >= 4 is 39.0 Å². The predicted octanol–water partition coefficient (Wildman–Crippen LogP) is 6.22. The van der Waals surface area contributed by atoms with Gasteiger partial charge in [0.05, 0.1) is 18.3 Å². The van der Waals surface area contributed by atoms with Crippen molar-refractivity contribution in [1.82, 2.24) is 4.98 Å². The summed E-state index contributed by atoms with van der Waals surface area (Å²) in [6.07, 6.45) is 7.71. The van der Waals surface area contributed by atoms with Gasteiger partial charge >= 0.3 is 0 Å². The molecule has 5 heteroatoms. The molecule has 0 atom stereocenters. The number of benzene rings is 2. The zero-order valence-corrected chi connectivity index (χ0v) is 18.6. The normalized spacial score (nSPS) is 13.9. The fourth-order valence-corrected chi connectivity index (χ4v) is 4.74. The van der Waals surface area contributed by atoms with E-state index in [0.29, 0.717) is 5.69 Å². The van der Waals surface area contributed by atoms with E-state index in [1.807, 2.05) is 44.2 Å². The van der Waals surface area contributed by atoms with E-state index in [0.717, 1.165) is 69.3 Å². The summed E-state index contributed by atoms with van der Waals surface area (Å²) < 4.78 is 12.0. The van der Waals surface area contributed by atoms with Gasteiger partial charge in [-0.1, -0.05) is 18.2 Å². The molecular weight excluding hydrogens is 400 g/mol. The Bertz CT molecular complexity index is 1380. The molecule has 5 nitrogen and oxygen atoms in total. The van der Waals surface area contributed by atoms with Crippen LogP contribution in [0.2, 0.25) is 0 Å². The summed E-state index contributed by atoms with van der Waals surface area (Å²) in [7, 11) is 1.66. The Kier molecular flexibility index (Phi) is 5.17. The van der Waals surface area contributed by atoms with Crippen molar-refractivity contribution in [2.24, 2.45) is 0 Å². The topological polar surface area (TPSA) is 64.4 Å². The smallest absolute Gasteiger partial charge is 0.248 e. The Morgan fingerprint density at radius 2 is 2.00 bits per heavy atom. The van der Waals surface area contributed by atoms with Gasteiger partial charge in [-0.3, -0.25) is 9.78 Å². The molecule has 1 aliphatic rings. The highest BCUT2D eigenvalue weighted by molar-refractivity contribution is 6.08. The number of anilines is 1. The molecule has 5 rings (SSSR count). The van der Waals surface area contributed by atoms with Gasteiger partial charge in [-0.15, -0.1) is 0 Å². The number of methoxy groups -OCH3 is 1. The number of pyridine rings is 1. The van der Waals surface area contributed by atoms with Gasteiger partial charge in [-0.05, 0) is 56.9 Å². The van der Waals surface area contributed by atoms with Crippen LogP contribution in [0.25, 0.3) is 27.4 Å². The first kappa shape index (κ1) is 20.3. The van der Waals surface area contributed by atoms with Crippen molar-refractivity contribution in [3.63, 3.8) is 0 Å². The lowest BCUT2D eigenvalue weighted by molar-refractivity contribution is -0.111. The van der Waals surface area contributed by atoms with E-state index in [9.17, 15) is 4.79 Å². The summed E-state index contributed by atoms with van der Waals surface area (Å²) in [6, 6.07) is 11.7. The number of para-hydroxylation sites is 1. The molecule has 162 valence electrons. The third kappa shape index (κ3) is 3.44. The van der Waals surface area contributed by atoms with Crippen LogP contribution in [0.15, 0.2) is 53.1 Å². The molecule has 0 fully saturated rings. The predicted molar refractivity (Wildman–Crippen MR) is 128 cm³/mol. The average Bonchev–Trinajstić information content (AvgIpc) is 3.18. The van der Waals surface area contributed by atoms with Gasteiger partial charge in [-0.25, -0.2) is 0 Å². The molecule has 1 amide bonds. The maximum atomic E-state index is 12.9. The highest BCUT2D eigenvalue weighted by atomic mass is 16.5. The minimum Gasteiger partial charge on any atom is -0.496 e. The van der Waals surface area contributed by atoms with Crippen LogP contribution in [0.4, 0.5) is 5.69 Å². The quantitative estimate of drug-likeness (QED) is 0.394. The number of hydrogen-bond donors (Lipinski definition) is 1. The Morgan fingerprint density at radius 1 is 1.19 bits per heavy atom. The van der Waals surface area contributed by atoms with Gasteiger partial charge in [0, 0.05) is 46.2 Å². The van der Waals surface area contributed by atoms with E-state index < -0.39 is 0 Å². The van der Waals surface area contributed by atoms with Gasteiger partial charge in [0.2, 0.25) is 5.91 Å². The molecule has 1 N–H and O–H groups in total. The summed E-state index contributed by atoms with van der Waals surface area (Å²) >= 11 is 0. The molecule has 0 radical (unpaired) electrons. The van der Waals surface area contributed by atoms with E-state index in [2.05, 4.69) is 16.4 Å². The lowest BCUT2D eigenvalue weighted by Crippen LogP contribution is -2.09. The van der Waals surface area contributed by atoms with E-state index in [4.69, 9.17) is 9.15 Å². The van der Waals surface area contributed by atoms with Crippen LogP contribution >= 0.6 is 0 Å². The lowest BCUT2D eigenvalue weighted by atomic mass is 9.93. The van der Waals surface area contributed by atoms with E-state index in [1.54, 1.807) is 19.4 Å². The summed E-state index contributed by atoms with van der Waals surface area (Å²) in [5.41, 5.74) is 6.39. The summed E-state index contributed by atoms with van der Waals surface area (Å²) in [6.45, 7) is 3.96. The first-order valence-electron chi connectivity index (χ1n) is 11.0. The number of furan rings is 1. The van der Waals surface area contributed by atoms with Gasteiger partial charge in [-0.2, -0.15) is 0 Å². The Hall–Kier alpha value is -3.60. The number of nitrogens with zero attached hydrogens (tertiary/aromatic N) is 1. The van der Waals surface area contributed by atoms with Crippen LogP contribution in [-0.2, 0) is 17.6 Å². The molecule has 0 saturated heterocycles. The van der Waals surface area contributed by atoms with Crippen LogP contribution in [0.1, 0.15) is 42.2 Å². The molecule has 4 aromatic rings. The van der Waals surface area contributed by atoms with Crippen molar-refractivity contribution in [2.75, 3.05) is 12.4 Å². The number of aryl methyl sites for hydroxylation is 3.